The van der Waals surface area contributed by atoms with Crippen molar-refractivity contribution < 1.29 is 9.90 Å². The van der Waals surface area contributed by atoms with Gasteiger partial charge < -0.3 is 10.8 Å². The number of nitrogens with zero attached hydrogens (tertiary/aromatic N) is 1. The summed E-state index contributed by atoms with van der Waals surface area (Å²) >= 11 is 1.36. The van der Waals surface area contributed by atoms with Crippen LogP contribution in [0.1, 0.15) is 6.42 Å². The monoisotopic (exact) mass is 198 g/mol. The van der Waals surface area contributed by atoms with Gasteiger partial charge in [0.05, 0.1) is 12.1 Å². The first-order chi connectivity index (χ1) is 6.20. The molecule has 0 aliphatic heterocycles. The molecule has 0 radical (unpaired) electrons. The molecule has 0 unspecified atom stereocenters. The Balaban J connectivity index is 2.45. The van der Waals surface area contributed by atoms with Gasteiger partial charge in [0.2, 0.25) is 0 Å². The van der Waals surface area contributed by atoms with Crippen LogP contribution in [0.25, 0.3) is 0 Å². The van der Waals surface area contributed by atoms with Crippen LogP contribution in [0.2, 0.25) is 0 Å². The molecule has 0 aliphatic rings. The summed E-state index contributed by atoms with van der Waals surface area (Å²) in [7, 11) is 0. The third-order valence-corrected chi connectivity index (χ3v) is 2.38. The smallest absolute Gasteiger partial charge is 0.304 e. The van der Waals surface area contributed by atoms with E-state index in [1.807, 2.05) is 0 Å². The Morgan fingerprint density at radius 2 is 2.46 bits per heavy atom. The molecule has 0 saturated carbocycles. The molecule has 1 aromatic rings. The van der Waals surface area contributed by atoms with Crippen molar-refractivity contribution in [2.24, 2.45) is 0 Å². The summed E-state index contributed by atoms with van der Waals surface area (Å²) in [6, 6.07) is 3.49. The molecule has 4 nitrogen and oxygen atoms in total. The molecule has 3 N–H and O–H groups in total. The van der Waals surface area contributed by atoms with Gasteiger partial charge in [-0.05, 0) is 12.1 Å². The van der Waals surface area contributed by atoms with Gasteiger partial charge in [0.1, 0.15) is 5.03 Å². The number of carbonyl (C=O) groups is 1. The minimum absolute atomic E-state index is 0.126. The normalized spacial score (nSPS) is 9.85. The van der Waals surface area contributed by atoms with Crippen molar-refractivity contribution in [1.29, 1.82) is 0 Å². The molecule has 1 aromatic heterocycles. The minimum atomic E-state index is -0.804. The summed E-state index contributed by atoms with van der Waals surface area (Å²) in [5.74, 6) is -0.307. The summed E-state index contributed by atoms with van der Waals surface area (Å²) in [4.78, 5) is 14.2. The first-order valence-electron chi connectivity index (χ1n) is 3.75. The number of pyridine rings is 1. The first kappa shape index (κ1) is 9.85. The van der Waals surface area contributed by atoms with Crippen LogP contribution in [-0.4, -0.2) is 21.8 Å². The molecule has 0 saturated heterocycles. The lowest BCUT2D eigenvalue weighted by atomic mass is 10.4. The number of carboxylic acid groups (broad SMARTS) is 1. The van der Waals surface area contributed by atoms with Crippen LogP contribution in [0.3, 0.4) is 0 Å². The van der Waals surface area contributed by atoms with E-state index in [1.165, 1.54) is 11.8 Å². The zero-order valence-electron chi connectivity index (χ0n) is 6.93. The van der Waals surface area contributed by atoms with Crippen LogP contribution in [0.4, 0.5) is 5.69 Å². The van der Waals surface area contributed by atoms with Crippen molar-refractivity contribution in [3.63, 3.8) is 0 Å². The van der Waals surface area contributed by atoms with E-state index in [4.69, 9.17) is 10.8 Å². The van der Waals surface area contributed by atoms with E-state index in [0.29, 0.717) is 16.5 Å². The SMILES string of the molecule is Nc1cccnc1SCCC(=O)O. The Kier molecular flexibility index (Phi) is 3.57. The number of carboxylic acids is 1. The van der Waals surface area contributed by atoms with Gasteiger partial charge in [-0.15, -0.1) is 11.8 Å². The highest BCUT2D eigenvalue weighted by Gasteiger charge is 2.02. The minimum Gasteiger partial charge on any atom is -0.481 e. The maximum absolute atomic E-state index is 10.2. The van der Waals surface area contributed by atoms with Crippen LogP contribution in [-0.2, 0) is 4.79 Å². The summed E-state index contributed by atoms with van der Waals surface area (Å²) in [5, 5.41) is 9.09. The highest BCUT2D eigenvalue weighted by atomic mass is 32.2. The van der Waals surface area contributed by atoms with E-state index in [0.717, 1.165) is 0 Å². The largest absolute Gasteiger partial charge is 0.481 e. The van der Waals surface area contributed by atoms with E-state index >= 15 is 0 Å². The summed E-state index contributed by atoms with van der Waals surface area (Å²) in [5.41, 5.74) is 6.20. The summed E-state index contributed by atoms with van der Waals surface area (Å²) < 4.78 is 0. The highest BCUT2D eigenvalue weighted by Crippen LogP contribution is 2.21. The zero-order chi connectivity index (χ0) is 9.68. The fourth-order valence-corrected chi connectivity index (χ4v) is 1.60. The van der Waals surface area contributed by atoms with Crippen LogP contribution < -0.4 is 5.73 Å². The summed E-state index contributed by atoms with van der Waals surface area (Å²) in [6.45, 7) is 0. The lowest BCUT2D eigenvalue weighted by Crippen LogP contribution is -1.97. The second-order valence-corrected chi connectivity index (χ2v) is 3.47. The number of anilines is 1. The Labute approximate surface area is 80.2 Å². The Bertz CT molecular complexity index is 304. The first-order valence-corrected chi connectivity index (χ1v) is 4.74. The van der Waals surface area contributed by atoms with Gasteiger partial charge in [0.15, 0.2) is 0 Å². The van der Waals surface area contributed by atoms with Crippen LogP contribution >= 0.6 is 11.8 Å². The lowest BCUT2D eigenvalue weighted by molar-refractivity contribution is -0.136. The Morgan fingerprint density at radius 3 is 3.08 bits per heavy atom. The molecule has 0 bridgehead atoms. The lowest BCUT2D eigenvalue weighted by Gasteiger charge is -2.01. The molecule has 0 aromatic carbocycles. The van der Waals surface area contributed by atoms with E-state index in [-0.39, 0.29) is 6.42 Å². The molecule has 0 spiro atoms. The number of hydrogen-bond donors (Lipinski definition) is 2. The number of nitrogens with two attached hydrogens (primary N) is 1. The van der Waals surface area contributed by atoms with Crippen LogP contribution in [0.15, 0.2) is 23.4 Å². The van der Waals surface area contributed by atoms with Crippen molar-refractivity contribution in [1.82, 2.24) is 4.98 Å². The number of rotatable bonds is 4. The zero-order valence-corrected chi connectivity index (χ0v) is 7.75. The Morgan fingerprint density at radius 1 is 1.69 bits per heavy atom. The van der Waals surface area contributed by atoms with Crippen molar-refractivity contribution in [3.8, 4) is 0 Å². The van der Waals surface area contributed by atoms with E-state index < -0.39 is 5.97 Å². The molecular weight excluding hydrogens is 188 g/mol. The molecule has 1 heterocycles. The second-order valence-electron chi connectivity index (χ2n) is 2.39. The van der Waals surface area contributed by atoms with Gasteiger partial charge in [-0.2, -0.15) is 0 Å². The summed E-state index contributed by atoms with van der Waals surface area (Å²) in [6.07, 6.45) is 1.76. The van der Waals surface area contributed by atoms with Gasteiger partial charge in [-0.3, -0.25) is 4.79 Å². The molecule has 1 rings (SSSR count). The van der Waals surface area contributed by atoms with E-state index in [9.17, 15) is 4.79 Å². The van der Waals surface area contributed by atoms with E-state index in [2.05, 4.69) is 4.98 Å². The standard InChI is InChI=1S/C8H10N2O2S/c9-6-2-1-4-10-8(6)13-5-3-7(11)12/h1-2,4H,3,5,9H2,(H,11,12). The number of hydrogen-bond acceptors (Lipinski definition) is 4. The fourth-order valence-electron chi connectivity index (χ4n) is 0.759. The van der Waals surface area contributed by atoms with Gasteiger partial charge in [0, 0.05) is 11.9 Å². The number of aromatic nitrogens is 1. The molecule has 5 heteroatoms. The quantitative estimate of drug-likeness (QED) is 0.711. The molecule has 0 amide bonds. The van der Waals surface area contributed by atoms with Gasteiger partial charge in [0.25, 0.3) is 0 Å². The third-order valence-electron chi connectivity index (χ3n) is 1.36. The van der Waals surface area contributed by atoms with Crippen LogP contribution in [0, 0.1) is 0 Å². The topological polar surface area (TPSA) is 76.2 Å². The highest BCUT2D eigenvalue weighted by molar-refractivity contribution is 7.99. The fraction of sp³-hybridized carbons (Fsp3) is 0.250. The van der Waals surface area contributed by atoms with Gasteiger partial charge in [-0.1, -0.05) is 0 Å². The molecule has 13 heavy (non-hydrogen) atoms. The third kappa shape index (κ3) is 3.33. The van der Waals surface area contributed by atoms with Crippen molar-refractivity contribution in [2.45, 2.75) is 11.4 Å². The van der Waals surface area contributed by atoms with Crippen molar-refractivity contribution in [2.75, 3.05) is 11.5 Å². The molecule has 0 aliphatic carbocycles. The van der Waals surface area contributed by atoms with E-state index in [1.54, 1.807) is 18.3 Å². The predicted octanol–water partition coefficient (Wildman–Crippen LogP) is 1.23. The van der Waals surface area contributed by atoms with Crippen molar-refractivity contribution >= 4 is 23.4 Å². The van der Waals surface area contributed by atoms with Gasteiger partial charge >= 0.3 is 5.97 Å². The molecular formula is C8H10N2O2S. The number of aliphatic carboxylic acids is 1. The maximum atomic E-state index is 10.2. The second kappa shape index (κ2) is 4.71. The molecule has 0 atom stereocenters. The maximum Gasteiger partial charge on any atom is 0.304 e. The average Bonchev–Trinajstić information content (AvgIpc) is 2.08. The van der Waals surface area contributed by atoms with Crippen LogP contribution in [0.5, 0.6) is 0 Å². The van der Waals surface area contributed by atoms with Gasteiger partial charge in [-0.25, -0.2) is 4.98 Å². The number of nitrogen functional groups attached to an aromatic ring is 1. The Hall–Kier alpha value is -1.23. The predicted molar refractivity (Wildman–Crippen MR) is 51.6 cm³/mol. The van der Waals surface area contributed by atoms with Crippen molar-refractivity contribution in [3.05, 3.63) is 18.3 Å². The number of thioether (sulfide) groups is 1. The molecule has 70 valence electrons. The molecule has 0 fully saturated rings. The average molecular weight is 198 g/mol.